The lowest BCUT2D eigenvalue weighted by Crippen LogP contribution is -2.58. The van der Waals surface area contributed by atoms with E-state index in [4.69, 9.17) is 0 Å². The number of aryl methyl sites for hydroxylation is 2. The van der Waals surface area contributed by atoms with Gasteiger partial charge in [0.05, 0.1) is 11.0 Å². The van der Waals surface area contributed by atoms with Crippen molar-refractivity contribution in [1.29, 1.82) is 0 Å². The molecule has 0 atom stereocenters. The Balaban J connectivity index is 2.45. The van der Waals surface area contributed by atoms with Crippen LogP contribution in [0.2, 0.25) is 0 Å². The van der Waals surface area contributed by atoms with E-state index in [1.165, 1.54) is 0 Å². The molecular formula is C12H21N5O2. The van der Waals surface area contributed by atoms with Crippen LogP contribution in [0.5, 0.6) is 0 Å². The van der Waals surface area contributed by atoms with E-state index in [-0.39, 0.29) is 10.6 Å². The van der Waals surface area contributed by atoms with Crippen LogP contribution in [0.3, 0.4) is 0 Å². The van der Waals surface area contributed by atoms with E-state index < -0.39 is 0 Å². The van der Waals surface area contributed by atoms with E-state index in [0.717, 1.165) is 26.1 Å². The van der Waals surface area contributed by atoms with Crippen molar-refractivity contribution in [2.75, 3.05) is 24.5 Å². The lowest BCUT2D eigenvalue weighted by atomic mass is 10.1. The number of rotatable bonds is 6. The molecule has 1 saturated heterocycles. The van der Waals surface area contributed by atoms with Crippen LogP contribution in [-0.2, 0) is 13.5 Å². The van der Waals surface area contributed by atoms with Gasteiger partial charge in [0.2, 0.25) is 5.82 Å². The van der Waals surface area contributed by atoms with Crippen LogP contribution in [0, 0.1) is 10.1 Å². The maximum absolute atomic E-state index is 11.4. The first-order chi connectivity index (χ1) is 9.10. The molecule has 0 aromatic carbocycles. The zero-order valence-electron chi connectivity index (χ0n) is 11.7. The zero-order valence-corrected chi connectivity index (χ0v) is 11.7. The molecule has 7 heteroatoms. The highest BCUT2D eigenvalue weighted by molar-refractivity contribution is 5.62. The molecule has 1 aromatic heterocycles. The smallest absolute Gasteiger partial charge is 0.334 e. The Morgan fingerprint density at radius 2 is 2.21 bits per heavy atom. The van der Waals surface area contributed by atoms with Crippen molar-refractivity contribution in [3.05, 3.63) is 15.8 Å². The standard InChI is InChI=1S/C12H21N5O2/c1-4-6-16(9-7-13-8-9)12-11(17(18)19)10(5-2)14-15(12)3/h9,13H,4-8H2,1-3H3. The fraction of sp³-hybridized carbons (Fsp3) is 0.750. The molecule has 7 nitrogen and oxygen atoms in total. The summed E-state index contributed by atoms with van der Waals surface area (Å²) in [6.45, 7) is 6.56. The van der Waals surface area contributed by atoms with E-state index in [1.807, 2.05) is 6.92 Å². The SMILES string of the molecule is CCCN(c1c([N+](=O)[O-])c(CC)nn1C)C1CNC1. The first-order valence-corrected chi connectivity index (χ1v) is 6.77. The van der Waals surface area contributed by atoms with Crippen molar-refractivity contribution in [1.82, 2.24) is 15.1 Å². The molecule has 2 rings (SSSR count). The van der Waals surface area contributed by atoms with Crippen LogP contribution in [0.4, 0.5) is 11.5 Å². The average Bonchev–Trinajstić information content (AvgIpc) is 2.63. The summed E-state index contributed by atoms with van der Waals surface area (Å²) in [4.78, 5) is 13.2. The van der Waals surface area contributed by atoms with Crippen LogP contribution in [-0.4, -0.2) is 40.4 Å². The van der Waals surface area contributed by atoms with Crippen LogP contribution in [0.15, 0.2) is 0 Å². The first-order valence-electron chi connectivity index (χ1n) is 6.77. The van der Waals surface area contributed by atoms with Gasteiger partial charge in [-0.15, -0.1) is 0 Å². The summed E-state index contributed by atoms with van der Waals surface area (Å²) in [5, 5.41) is 18.9. The second-order valence-electron chi connectivity index (χ2n) is 4.86. The van der Waals surface area contributed by atoms with Gasteiger partial charge in [-0.2, -0.15) is 5.10 Å². The first kappa shape index (κ1) is 13.8. The van der Waals surface area contributed by atoms with Gasteiger partial charge in [0.15, 0.2) is 0 Å². The van der Waals surface area contributed by atoms with Crippen molar-refractivity contribution in [3.63, 3.8) is 0 Å². The molecule has 19 heavy (non-hydrogen) atoms. The highest BCUT2D eigenvalue weighted by Gasteiger charge is 2.34. The fourth-order valence-electron chi connectivity index (χ4n) is 2.50. The summed E-state index contributed by atoms with van der Waals surface area (Å²) in [5.41, 5.74) is 0.737. The molecule has 0 unspecified atom stereocenters. The van der Waals surface area contributed by atoms with Crippen molar-refractivity contribution in [3.8, 4) is 0 Å². The van der Waals surface area contributed by atoms with Gasteiger partial charge < -0.3 is 10.2 Å². The molecule has 0 bridgehead atoms. The minimum absolute atomic E-state index is 0.172. The fourth-order valence-corrected chi connectivity index (χ4v) is 2.50. The van der Waals surface area contributed by atoms with Gasteiger partial charge in [-0.25, -0.2) is 4.68 Å². The van der Waals surface area contributed by atoms with E-state index in [1.54, 1.807) is 11.7 Å². The molecule has 1 aromatic rings. The minimum atomic E-state index is -0.296. The van der Waals surface area contributed by atoms with E-state index >= 15 is 0 Å². The molecule has 1 aliphatic heterocycles. The summed E-state index contributed by atoms with van der Waals surface area (Å²) < 4.78 is 1.66. The van der Waals surface area contributed by atoms with E-state index in [0.29, 0.717) is 24.0 Å². The van der Waals surface area contributed by atoms with Gasteiger partial charge in [-0.1, -0.05) is 13.8 Å². The monoisotopic (exact) mass is 267 g/mol. The van der Waals surface area contributed by atoms with Gasteiger partial charge in [-0.05, 0) is 12.8 Å². The molecule has 0 spiro atoms. The average molecular weight is 267 g/mol. The van der Waals surface area contributed by atoms with Gasteiger partial charge in [0.1, 0.15) is 5.69 Å². The van der Waals surface area contributed by atoms with Crippen molar-refractivity contribution >= 4 is 11.5 Å². The largest absolute Gasteiger partial charge is 0.346 e. The summed E-state index contributed by atoms with van der Waals surface area (Å²) in [7, 11) is 1.79. The third-order valence-electron chi connectivity index (χ3n) is 3.52. The number of aromatic nitrogens is 2. The normalized spacial score (nSPS) is 15.3. The molecule has 0 saturated carbocycles. The van der Waals surface area contributed by atoms with Gasteiger partial charge >= 0.3 is 5.69 Å². The Hall–Kier alpha value is -1.63. The summed E-state index contributed by atoms with van der Waals surface area (Å²) in [5.74, 6) is 0.648. The predicted octanol–water partition coefficient (Wildman–Crippen LogP) is 1.08. The quantitative estimate of drug-likeness (QED) is 0.616. The number of nitro groups is 1. The molecule has 1 N–H and O–H groups in total. The molecule has 1 aliphatic rings. The van der Waals surface area contributed by atoms with Crippen molar-refractivity contribution in [2.24, 2.45) is 7.05 Å². The van der Waals surface area contributed by atoms with Crippen LogP contribution < -0.4 is 10.2 Å². The molecular weight excluding hydrogens is 246 g/mol. The number of nitrogens with zero attached hydrogens (tertiary/aromatic N) is 4. The molecule has 106 valence electrons. The number of nitrogens with one attached hydrogen (secondary N) is 1. The summed E-state index contributed by atoms with van der Waals surface area (Å²) in [6, 6.07) is 0.332. The van der Waals surface area contributed by atoms with E-state index in [9.17, 15) is 10.1 Å². The second-order valence-corrected chi connectivity index (χ2v) is 4.86. The Bertz CT molecular complexity index is 467. The molecule has 1 fully saturated rings. The number of hydrogen-bond acceptors (Lipinski definition) is 5. The van der Waals surface area contributed by atoms with Gasteiger partial charge in [0.25, 0.3) is 0 Å². The third kappa shape index (κ3) is 2.42. The molecule has 0 aliphatic carbocycles. The molecule has 0 amide bonds. The Labute approximate surface area is 112 Å². The predicted molar refractivity (Wildman–Crippen MR) is 73.5 cm³/mol. The maximum Gasteiger partial charge on any atom is 0.334 e. The Kier molecular flexibility index (Phi) is 4.04. The Morgan fingerprint density at radius 1 is 1.53 bits per heavy atom. The van der Waals surface area contributed by atoms with Crippen LogP contribution >= 0.6 is 0 Å². The number of hydrogen-bond donors (Lipinski definition) is 1. The van der Waals surface area contributed by atoms with Crippen LogP contribution in [0.1, 0.15) is 26.0 Å². The number of anilines is 1. The van der Waals surface area contributed by atoms with Gasteiger partial charge in [0, 0.05) is 26.7 Å². The highest BCUT2D eigenvalue weighted by atomic mass is 16.6. The third-order valence-corrected chi connectivity index (χ3v) is 3.52. The summed E-state index contributed by atoms with van der Waals surface area (Å²) >= 11 is 0. The van der Waals surface area contributed by atoms with E-state index in [2.05, 4.69) is 22.2 Å². The van der Waals surface area contributed by atoms with Crippen LogP contribution in [0.25, 0.3) is 0 Å². The molecule has 0 radical (unpaired) electrons. The Morgan fingerprint density at radius 3 is 2.63 bits per heavy atom. The lowest BCUT2D eigenvalue weighted by Gasteiger charge is -2.38. The second kappa shape index (κ2) is 5.56. The van der Waals surface area contributed by atoms with Crippen molar-refractivity contribution in [2.45, 2.75) is 32.7 Å². The summed E-state index contributed by atoms with van der Waals surface area (Å²) in [6.07, 6.45) is 1.54. The molecule has 2 heterocycles. The minimum Gasteiger partial charge on any atom is -0.346 e. The highest BCUT2D eigenvalue weighted by Crippen LogP contribution is 2.33. The topological polar surface area (TPSA) is 76.2 Å². The zero-order chi connectivity index (χ0) is 14.0. The van der Waals surface area contributed by atoms with Crippen molar-refractivity contribution < 1.29 is 4.92 Å². The van der Waals surface area contributed by atoms with Gasteiger partial charge in [-0.3, -0.25) is 10.1 Å². The maximum atomic E-state index is 11.4. The lowest BCUT2D eigenvalue weighted by molar-refractivity contribution is -0.384.